The van der Waals surface area contributed by atoms with Gasteiger partial charge in [-0.25, -0.2) is 4.98 Å². The molecule has 0 unspecified atom stereocenters. The maximum Gasteiger partial charge on any atom is 0.226 e. The monoisotopic (exact) mass is 404 g/mol. The van der Waals surface area contributed by atoms with Gasteiger partial charge >= 0.3 is 0 Å². The van der Waals surface area contributed by atoms with E-state index in [1.54, 1.807) is 6.08 Å². The Hall–Kier alpha value is -2.59. The van der Waals surface area contributed by atoms with E-state index >= 15 is 0 Å². The normalized spacial score (nSPS) is 10.9. The minimum atomic E-state index is -0.0924. The van der Waals surface area contributed by atoms with Crippen LogP contribution in [0.25, 0.3) is 0 Å². The van der Waals surface area contributed by atoms with Gasteiger partial charge in [0.05, 0.1) is 17.8 Å². The fourth-order valence-electron chi connectivity index (χ4n) is 2.69. The molecule has 3 rings (SSSR count). The molecule has 0 aliphatic carbocycles. The van der Waals surface area contributed by atoms with Crippen LogP contribution in [0.3, 0.4) is 0 Å². The fourth-order valence-corrected chi connectivity index (χ4v) is 3.64. The second-order valence-corrected chi connectivity index (χ2v) is 7.26. The Bertz CT molecular complexity index is 993. The topological polar surface area (TPSA) is 102 Å². The summed E-state index contributed by atoms with van der Waals surface area (Å²) in [5.41, 5.74) is 2.63. The lowest BCUT2D eigenvalue weighted by molar-refractivity contribution is -0.116. The van der Waals surface area contributed by atoms with Crippen molar-refractivity contribution in [1.29, 1.82) is 0 Å². The first-order chi connectivity index (χ1) is 13.0. The number of nitrogens with one attached hydrogen (secondary N) is 2. The van der Waals surface area contributed by atoms with Gasteiger partial charge in [0, 0.05) is 23.9 Å². The van der Waals surface area contributed by atoms with Crippen LogP contribution in [0.15, 0.2) is 22.6 Å². The van der Waals surface area contributed by atoms with Crippen LogP contribution in [-0.2, 0) is 24.2 Å². The molecule has 3 heterocycles. The van der Waals surface area contributed by atoms with Gasteiger partial charge < -0.3 is 9.84 Å². The summed E-state index contributed by atoms with van der Waals surface area (Å²) in [6.45, 7) is 8.04. The van der Waals surface area contributed by atoms with Crippen molar-refractivity contribution < 1.29 is 9.32 Å². The van der Waals surface area contributed by atoms with Crippen LogP contribution < -0.4 is 5.32 Å². The van der Waals surface area contributed by atoms with E-state index in [2.05, 4.69) is 32.2 Å². The Kier molecular flexibility index (Phi) is 5.97. The zero-order valence-corrected chi connectivity index (χ0v) is 16.7. The summed E-state index contributed by atoms with van der Waals surface area (Å²) < 4.78 is 7.53. The van der Waals surface area contributed by atoms with E-state index in [-0.39, 0.29) is 5.91 Å². The summed E-state index contributed by atoms with van der Waals surface area (Å²) in [5, 5.41) is 16.2. The first kappa shape index (κ1) is 19.2. The number of hydrogen-bond acceptors (Lipinski definition) is 7. The minimum Gasteiger partial charge on any atom is -0.361 e. The summed E-state index contributed by atoms with van der Waals surface area (Å²) in [6.07, 6.45) is 3.21. The zero-order valence-electron chi connectivity index (χ0n) is 15.1. The number of H-pyrrole nitrogens is 1. The molecule has 3 aromatic heterocycles. The summed E-state index contributed by atoms with van der Waals surface area (Å²) >= 11 is 6.59. The second-order valence-electron chi connectivity index (χ2n) is 6.02. The Morgan fingerprint density at radius 3 is 3.04 bits per heavy atom. The molecule has 10 heteroatoms. The smallest absolute Gasteiger partial charge is 0.226 e. The van der Waals surface area contributed by atoms with E-state index in [1.165, 1.54) is 11.3 Å². The van der Waals surface area contributed by atoms with Crippen LogP contribution in [-0.4, -0.2) is 30.8 Å². The molecule has 0 saturated heterocycles. The number of rotatable bonds is 8. The maximum absolute atomic E-state index is 12.2. The SMILES string of the molecule is C=CCn1c(Cc2csc(NC(=O)CCc3c(C)noc3C)n2)n[nH]c1=S. The molecule has 2 N–H and O–H groups in total. The Morgan fingerprint density at radius 1 is 1.52 bits per heavy atom. The first-order valence-electron chi connectivity index (χ1n) is 8.39. The van der Waals surface area contributed by atoms with Crippen molar-refractivity contribution in [3.8, 4) is 0 Å². The van der Waals surface area contributed by atoms with Crippen molar-refractivity contribution in [2.75, 3.05) is 5.32 Å². The number of hydrogen-bond donors (Lipinski definition) is 2. The Morgan fingerprint density at radius 2 is 2.33 bits per heavy atom. The number of anilines is 1. The van der Waals surface area contributed by atoms with Crippen LogP contribution >= 0.6 is 23.6 Å². The van der Waals surface area contributed by atoms with E-state index < -0.39 is 0 Å². The molecular formula is C17H20N6O2S2. The third-order valence-corrected chi connectivity index (χ3v) is 5.19. The third-order valence-electron chi connectivity index (χ3n) is 4.07. The summed E-state index contributed by atoms with van der Waals surface area (Å²) in [7, 11) is 0. The largest absolute Gasteiger partial charge is 0.361 e. The van der Waals surface area contributed by atoms with Gasteiger partial charge in [-0.3, -0.25) is 14.5 Å². The number of aryl methyl sites for hydroxylation is 2. The number of amides is 1. The molecule has 0 saturated carbocycles. The van der Waals surface area contributed by atoms with Crippen molar-refractivity contribution >= 4 is 34.6 Å². The molecule has 0 spiro atoms. The molecule has 0 bridgehead atoms. The van der Waals surface area contributed by atoms with Crippen LogP contribution in [0.1, 0.15) is 35.0 Å². The van der Waals surface area contributed by atoms with Crippen molar-refractivity contribution in [1.82, 2.24) is 24.9 Å². The predicted octanol–water partition coefficient (Wildman–Crippen LogP) is 3.35. The number of nitrogens with zero attached hydrogens (tertiary/aromatic N) is 4. The van der Waals surface area contributed by atoms with E-state index in [1.807, 2.05) is 23.8 Å². The molecule has 142 valence electrons. The molecule has 0 aromatic carbocycles. The van der Waals surface area contributed by atoms with Gasteiger partial charge in [0.25, 0.3) is 0 Å². The summed E-state index contributed by atoms with van der Waals surface area (Å²) in [6, 6.07) is 0. The van der Waals surface area contributed by atoms with Gasteiger partial charge in [0.1, 0.15) is 11.6 Å². The molecule has 27 heavy (non-hydrogen) atoms. The first-order valence-corrected chi connectivity index (χ1v) is 9.67. The van der Waals surface area contributed by atoms with E-state index in [0.29, 0.717) is 35.7 Å². The molecule has 0 aliphatic heterocycles. The zero-order chi connectivity index (χ0) is 19.4. The molecule has 3 aromatic rings. The van der Waals surface area contributed by atoms with Gasteiger partial charge in [-0.15, -0.1) is 17.9 Å². The van der Waals surface area contributed by atoms with E-state index in [0.717, 1.165) is 28.5 Å². The van der Waals surface area contributed by atoms with Gasteiger partial charge in [0.2, 0.25) is 5.91 Å². The maximum atomic E-state index is 12.2. The van der Waals surface area contributed by atoms with Gasteiger partial charge in [-0.1, -0.05) is 11.2 Å². The molecule has 1 amide bonds. The molecule has 0 fully saturated rings. The van der Waals surface area contributed by atoms with Crippen molar-refractivity contribution in [2.24, 2.45) is 0 Å². The van der Waals surface area contributed by atoms with Crippen LogP contribution in [0.2, 0.25) is 0 Å². The fraction of sp³-hybridized carbons (Fsp3) is 0.353. The molecule has 0 radical (unpaired) electrons. The van der Waals surface area contributed by atoms with Gasteiger partial charge in [-0.05, 0) is 32.5 Å². The highest BCUT2D eigenvalue weighted by Crippen LogP contribution is 2.19. The van der Waals surface area contributed by atoms with Crippen LogP contribution in [0, 0.1) is 18.6 Å². The van der Waals surface area contributed by atoms with Crippen LogP contribution in [0.5, 0.6) is 0 Å². The Labute approximate surface area is 165 Å². The summed E-state index contributed by atoms with van der Waals surface area (Å²) in [4.78, 5) is 16.7. The van der Waals surface area contributed by atoms with E-state index in [4.69, 9.17) is 16.7 Å². The third kappa shape index (κ3) is 4.58. The number of aromatic nitrogens is 5. The second kappa shape index (κ2) is 8.40. The van der Waals surface area contributed by atoms with Gasteiger partial charge in [-0.2, -0.15) is 5.10 Å². The number of carbonyl (C=O) groups is 1. The average Bonchev–Trinajstić information content (AvgIpc) is 3.30. The average molecular weight is 405 g/mol. The molecular weight excluding hydrogens is 384 g/mol. The molecule has 0 aliphatic rings. The molecule has 0 atom stereocenters. The van der Waals surface area contributed by atoms with Crippen molar-refractivity contribution in [3.05, 3.63) is 51.3 Å². The number of aromatic amines is 1. The minimum absolute atomic E-state index is 0.0924. The molecule has 8 nitrogen and oxygen atoms in total. The van der Waals surface area contributed by atoms with Gasteiger partial charge in [0.15, 0.2) is 9.90 Å². The highest BCUT2D eigenvalue weighted by molar-refractivity contribution is 7.71. The van der Waals surface area contributed by atoms with Crippen molar-refractivity contribution in [2.45, 2.75) is 39.7 Å². The standard InChI is InChI=1S/C17H20N6O2S2/c1-4-7-23-14(20-21-17(23)26)8-12-9-27-16(18-12)19-15(24)6-5-13-10(2)22-25-11(13)3/h4,9H,1,5-8H2,2-3H3,(H,21,26)(H,18,19,24). The highest BCUT2D eigenvalue weighted by atomic mass is 32.1. The van der Waals surface area contributed by atoms with Crippen LogP contribution in [0.4, 0.5) is 5.13 Å². The number of thiazole rings is 1. The Balaban J connectivity index is 1.58. The highest BCUT2D eigenvalue weighted by Gasteiger charge is 2.13. The number of allylic oxidation sites excluding steroid dienone is 1. The quantitative estimate of drug-likeness (QED) is 0.441. The lowest BCUT2D eigenvalue weighted by Gasteiger charge is -2.02. The predicted molar refractivity (Wildman–Crippen MR) is 105 cm³/mol. The summed E-state index contributed by atoms with van der Waals surface area (Å²) in [5.74, 6) is 1.44. The lowest BCUT2D eigenvalue weighted by atomic mass is 10.1. The van der Waals surface area contributed by atoms with Crippen molar-refractivity contribution in [3.63, 3.8) is 0 Å². The number of carbonyl (C=O) groups excluding carboxylic acids is 1. The lowest BCUT2D eigenvalue weighted by Crippen LogP contribution is -2.12. The van der Waals surface area contributed by atoms with E-state index in [9.17, 15) is 4.79 Å².